The molecule has 2 aliphatic rings. The zero-order chi connectivity index (χ0) is 17.0. The predicted octanol–water partition coefficient (Wildman–Crippen LogP) is 1.30. The van der Waals surface area contributed by atoms with Gasteiger partial charge in [0.1, 0.15) is 5.82 Å². The highest BCUT2D eigenvalue weighted by molar-refractivity contribution is 5.78. The van der Waals surface area contributed by atoms with Crippen molar-refractivity contribution in [2.45, 2.75) is 31.3 Å². The first-order valence-electron chi connectivity index (χ1n) is 8.78. The van der Waals surface area contributed by atoms with E-state index >= 15 is 0 Å². The molecule has 3 heterocycles. The Bertz CT molecular complexity index is 548. The first-order chi connectivity index (χ1) is 11.6. The highest BCUT2D eigenvalue weighted by atomic mass is 16.5. The number of nitrogens with zero attached hydrogens (tertiary/aromatic N) is 3. The molecule has 1 aromatic rings. The summed E-state index contributed by atoms with van der Waals surface area (Å²) in [6.45, 7) is 3.07. The van der Waals surface area contributed by atoms with E-state index in [0.29, 0.717) is 32.7 Å². The van der Waals surface area contributed by atoms with E-state index in [9.17, 15) is 9.90 Å². The number of piperidine rings is 1. The van der Waals surface area contributed by atoms with E-state index in [1.807, 2.05) is 18.2 Å². The third-order valence-corrected chi connectivity index (χ3v) is 5.01. The van der Waals surface area contributed by atoms with Gasteiger partial charge in [-0.2, -0.15) is 0 Å². The van der Waals surface area contributed by atoms with Crippen LogP contribution < -0.4 is 4.90 Å². The van der Waals surface area contributed by atoms with Crippen LogP contribution in [0.3, 0.4) is 0 Å². The Labute approximate surface area is 143 Å². The van der Waals surface area contributed by atoms with Crippen LogP contribution in [0.25, 0.3) is 0 Å². The van der Waals surface area contributed by atoms with Crippen LogP contribution in [0.5, 0.6) is 0 Å². The summed E-state index contributed by atoms with van der Waals surface area (Å²) in [6, 6.07) is 5.80. The largest absolute Gasteiger partial charge is 0.386 e. The molecule has 6 heteroatoms. The molecule has 24 heavy (non-hydrogen) atoms. The Morgan fingerprint density at radius 2 is 2.25 bits per heavy atom. The van der Waals surface area contributed by atoms with Crippen molar-refractivity contribution in [3.63, 3.8) is 0 Å². The molecule has 0 spiro atoms. The molecule has 6 nitrogen and oxygen atoms in total. The summed E-state index contributed by atoms with van der Waals surface area (Å²) < 4.78 is 5.33. The minimum Gasteiger partial charge on any atom is -0.386 e. The second kappa shape index (κ2) is 7.49. The second-order valence-electron chi connectivity index (χ2n) is 7.02. The molecular weight excluding hydrogens is 306 g/mol. The van der Waals surface area contributed by atoms with Crippen LogP contribution in [0.2, 0.25) is 0 Å². The maximum atomic E-state index is 12.6. The third-order valence-electron chi connectivity index (χ3n) is 5.01. The van der Waals surface area contributed by atoms with Crippen LogP contribution in [0.4, 0.5) is 5.82 Å². The van der Waals surface area contributed by atoms with Crippen LogP contribution in [0, 0.1) is 5.92 Å². The average Bonchev–Trinajstić information content (AvgIpc) is 2.62. The number of rotatable bonds is 4. The van der Waals surface area contributed by atoms with Crippen molar-refractivity contribution in [1.82, 2.24) is 9.88 Å². The van der Waals surface area contributed by atoms with Crippen molar-refractivity contribution in [2.24, 2.45) is 5.92 Å². The molecule has 0 aliphatic carbocycles. The quantitative estimate of drug-likeness (QED) is 0.900. The molecule has 0 saturated carbocycles. The Balaban J connectivity index is 1.61. The summed E-state index contributed by atoms with van der Waals surface area (Å²) in [6.07, 6.45) is 4.93. The zero-order valence-corrected chi connectivity index (χ0v) is 14.4. The lowest BCUT2D eigenvalue weighted by molar-refractivity contribution is -0.140. The number of amides is 1. The molecule has 0 bridgehead atoms. The monoisotopic (exact) mass is 333 g/mol. The van der Waals surface area contributed by atoms with Gasteiger partial charge in [0, 0.05) is 45.5 Å². The topological polar surface area (TPSA) is 65.9 Å². The van der Waals surface area contributed by atoms with E-state index in [1.54, 1.807) is 18.1 Å². The molecule has 1 amide bonds. The van der Waals surface area contributed by atoms with Crippen molar-refractivity contribution in [1.29, 1.82) is 0 Å². The number of carbonyl (C=O) groups is 1. The number of aliphatic hydroxyl groups is 1. The van der Waals surface area contributed by atoms with Gasteiger partial charge in [0.05, 0.1) is 12.1 Å². The summed E-state index contributed by atoms with van der Waals surface area (Å²) in [5, 5.41) is 11.0. The normalized spacial score (nSPS) is 25.5. The zero-order valence-electron chi connectivity index (χ0n) is 14.4. The van der Waals surface area contributed by atoms with Gasteiger partial charge in [-0.15, -0.1) is 0 Å². The van der Waals surface area contributed by atoms with Crippen LogP contribution in [-0.2, 0) is 9.53 Å². The van der Waals surface area contributed by atoms with Crippen molar-refractivity contribution < 1.29 is 14.6 Å². The van der Waals surface area contributed by atoms with Gasteiger partial charge >= 0.3 is 0 Å². The Kier molecular flexibility index (Phi) is 5.36. The number of pyridine rings is 1. The van der Waals surface area contributed by atoms with Crippen molar-refractivity contribution in [2.75, 3.05) is 44.8 Å². The van der Waals surface area contributed by atoms with E-state index in [4.69, 9.17) is 4.74 Å². The smallest absolute Gasteiger partial charge is 0.225 e. The van der Waals surface area contributed by atoms with E-state index in [2.05, 4.69) is 9.88 Å². The van der Waals surface area contributed by atoms with Gasteiger partial charge in [0.25, 0.3) is 0 Å². The number of β-amino-alcohol motifs (C(OH)–C–C–N with tert-alkyl or cyclic N) is 1. The van der Waals surface area contributed by atoms with Gasteiger partial charge in [-0.1, -0.05) is 6.07 Å². The molecule has 0 aromatic carbocycles. The predicted molar refractivity (Wildman–Crippen MR) is 91.8 cm³/mol. The van der Waals surface area contributed by atoms with Gasteiger partial charge in [-0.3, -0.25) is 4.79 Å². The molecule has 2 fully saturated rings. The summed E-state index contributed by atoms with van der Waals surface area (Å²) in [5.41, 5.74) is -0.884. The SMILES string of the molecule is CN(C[C@@]1(O)CCCN(c2ccccn2)C1)C(=O)C1CCOCC1. The lowest BCUT2D eigenvalue weighted by Gasteiger charge is -2.42. The molecule has 132 valence electrons. The van der Waals surface area contributed by atoms with Gasteiger partial charge in [-0.25, -0.2) is 4.98 Å². The van der Waals surface area contributed by atoms with Crippen molar-refractivity contribution in [3.8, 4) is 0 Å². The maximum Gasteiger partial charge on any atom is 0.225 e. The highest BCUT2D eigenvalue weighted by Gasteiger charge is 2.37. The molecule has 0 radical (unpaired) electrons. The van der Waals surface area contributed by atoms with Crippen LogP contribution in [0.15, 0.2) is 24.4 Å². The molecule has 2 aliphatic heterocycles. The number of anilines is 1. The molecular formula is C18H27N3O3. The molecule has 1 N–H and O–H groups in total. The first-order valence-corrected chi connectivity index (χ1v) is 8.78. The number of hydrogen-bond donors (Lipinski definition) is 1. The number of hydrogen-bond acceptors (Lipinski definition) is 5. The Morgan fingerprint density at radius 1 is 1.46 bits per heavy atom. The molecule has 1 aromatic heterocycles. The second-order valence-corrected chi connectivity index (χ2v) is 7.02. The van der Waals surface area contributed by atoms with E-state index < -0.39 is 5.60 Å². The average molecular weight is 333 g/mol. The van der Waals surface area contributed by atoms with Crippen LogP contribution in [-0.4, -0.2) is 66.4 Å². The van der Waals surface area contributed by atoms with Crippen molar-refractivity contribution in [3.05, 3.63) is 24.4 Å². The number of aromatic nitrogens is 1. The third kappa shape index (κ3) is 4.05. The van der Waals surface area contributed by atoms with E-state index in [-0.39, 0.29) is 11.8 Å². The Morgan fingerprint density at radius 3 is 2.96 bits per heavy atom. The minimum absolute atomic E-state index is 0.0304. The molecule has 0 unspecified atom stereocenters. The van der Waals surface area contributed by atoms with Crippen molar-refractivity contribution >= 4 is 11.7 Å². The summed E-state index contributed by atoms with van der Waals surface area (Å²) in [4.78, 5) is 20.8. The minimum atomic E-state index is -0.884. The fraction of sp³-hybridized carbons (Fsp3) is 0.667. The number of carbonyl (C=O) groups excluding carboxylic acids is 1. The fourth-order valence-corrected chi connectivity index (χ4v) is 3.75. The van der Waals surface area contributed by atoms with E-state index in [1.165, 1.54) is 0 Å². The lowest BCUT2D eigenvalue weighted by atomic mass is 9.91. The highest BCUT2D eigenvalue weighted by Crippen LogP contribution is 2.26. The maximum absolute atomic E-state index is 12.6. The van der Waals surface area contributed by atoms with Gasteiger partial charge < -0.3 is 19.6 Å². The lowest BCUT2D eigenvalue weighted by Crippen LogP contribution is -2.55. The van der Waals surface area contributed by atoms with Gasteiger partial charge in [-0.05, 0) is 37.8 Å². The standard InChI is InChI=1S/C18H27N3O3/c1-20(17(22)15-6-11-24-12-7-15)13-18(23)8-4-10-21(14-18)16-5-2-3-9-19-16/h2-3,5,9,15,23H,4,6-8,10-14H2,1H3/t18-/m0/s1. The van der Waals surface area contributed by atoms with Crippen LogP contribution in [0.1, 0.15) is 25.7 Å². The Hall–Kier alpha value is -1.66. The summed E-state index contributed by atoms with van der Waals surface area (Å²) in [5.74, 6) is 1.04. The fourth-order valence-electron chi connectivity index (χ4n) is 3.75. The number of ether oxygens (including phenoxy) is 1. The summed E-state index contributed by atoms with van der Waals surface area (Å²) in [7, 11) is 1.80. The van der Waals surface area contributed by atoms with Crippen LogP contribution >= 0.6 is 0 Å². The van der Waals surface area contributed by atoms with Gasteiger partial charge in [0.2, 0.25) is 5.91 Å². The molecule has 2 saturated heterocycles. The molecule has 3 rings (SSSR count). The van der Waals surface area contributed by atoms with E-state index in [0.717, 1.165) is 31.6 Å². The number of likely N-dealkylation sites (N-methyl/N-ethyl adjacent to an activating group) is 1. The molecule has 1 atom stereocenters. The first kappa shape index (κ1) is 17.2. The van der Waals surface area contributed by atoms with Gasteiger partial charge in [0.15, 0.2) is 0 Å². The summed E-state index contributed by atoms with van der Waals surface area (Å²) >= 11 is 0.